The first-order valence-corrected chi connectivity index (χ1v) is 6.09. The fraction of sp³-hybridized carbons (Fsp3) is 0.400. The first kappa shape index (κ1) is 13.4. The van der Waals surface area contributed by atoms with Crippen molar-refractivity contribution in [2.75, 3.05) is 6.26 Å². The van der Waals surface area contributed by atoms with E-state index < -0.39 is 12.9 Å². The molecule has 6 heteroatoms. The predicted octanol–water partition coefficient (Wildman–Crippen LogP) is 1.01. The third-order valence-corrected chi connectivity index (χ3v) is 2.76. The van der Waals surface area contributed by atoms with Gasteiger partial charge in [0.05, 0.1) is 6.10 Å². The molecule has 88 valence electrons. The van der Waals surface area contributed by atoms with Gasteiger partial charge in [0, 0.05) is 4.90 Å². The van der Waals surface area contributed by atoms with Crippen LogP contribution in [0.25, 0.3) is 0 Å². The molecule has 2 N–H and O–H groups in total. The van der Waals surface area contributed by atoms with Gasteiger partial charge in [0.25, 0.3) is 0 Å². The lowest BCUT2D eigenvalue weighted by Crippen LogP contribution is -2.32. The van der Waals surface area contributed by atoms with Gasteiger partial charge in [0.15, 0.2) is 11.6 Å². The zero-order valence-electron chi connectivity index (χ0n) is 9.40. The first-order chi connectivity index (χ1) is 7.47. The first-order valence-electron chi connectivity index (χ1n) is 4.86. The van der Waals surface area contributed by atoms with Crippen LogP contribution >= 0.6 is 11.8 Å². The number of halogens is 1. The van der Waals surface area contributed by atoms with Gasteiger partial charge in [-0.2, -0.15) is 0 Å². The van der Waals surface area contributed by atoms with Crippen LogP contribution in [0.1, 0.15) is 13.8 Å². The van der Waals surface area contributed by atoms with Gasteiger partial charge in [-0.3, -0.25) is 0 Å². The maximum Gasteiger partial charge on any atom is 0.489 e. The Hall–Kier alpha value is -0.715. The van der Waals surface area contributed by atoms with Gasteiger partial charge in [-0.05, 0) is 31.6 Å². The predicted molar refractivity (Wildman–Crippen MR) is 63.8 cm³/mol. The van der Waals surface area contributed by atoms with Gasteiger partial charge in [0.2, 0.25) is 0 Å². The average Bonchev–Trinajstić information content (AvgIpc) is 2.19. The van der Waals surface area contributed by atoms with Crippen molar-refractivity contribution < 1.29 is 19.2 Å². The second kappa shape index (κ2) is 5.56. The summed E-state index contributed by atoms with van der Waals surface area (Å²) in [4.78, 5) is 0.202. The summed E-state index contributed by atoms with van der Waals surface area (Å²) in [5, 5.41) is 18.1. The Bertz CT molecular complexity index is 371. The number of rotatable bonds is 4. The normalized spacial score (nSPS) is 10.7. The van der Waals surface area contributed by atoms with Crippen LogP contribution in [0.2, 0.25) is 0 Å². The lowest BCUT2D eigenvalue weighted by atomic mass is 9.80. The molecule has 0 amide bonds. The summed E-state index contributed by atoms with van der Waals surface area (Å²) < 4.78 is 19.2. The molecule has 1 rings (SSSR count). The average molecular weight is 244 g/mol. The van der Waals surface area contributed by atoms with E-state index in [0.29, 0.717) is 0 Å². The van der Waals surface area contributed by atoms with Crippen molar-refractivity contribution in [3.63, 3.8) is 0 Å². The molecule has 0 unspecified atom stereocenters. The van der Waals surface area contributed by atoms with Crippen LogP contribution in [0.5, 0.6) is 5.75 Å². The topological polar surface area (TPSA) is 49.7 Å². The number of hydrogen-bond acceptors (Lipinski definition) is 4. The molecule has 0 bridgehead atoms. The molecule has 0 aliphatic rings. The van der Waals surface area contributed by atoms with Crippen LogP contribution in [0.3, 0.4) is 0 Å². The minimum atomic E-state index is -1.68. The molecule has 0 saturated heterocycles. The number of hydrogen-bond donors (Lipinski definition) is 2. The number of ether oxygens (including phenoxy) is 1. The maximum atomic E-state index is 13.9. The molecule has 0 spiro atoms. The molecular formula is C10H14BFO3S. The fourth-order valence-electron chi connectivity index (χ4n) is 1.31. The van der Waals surface area contributed by atoms with Crippen molar-refractivity contribution in [1.82, 2.24) is 0 Å². The molecule has 0 radical (unpaired) electrons. The van der Waals surface area contributed by atoms with Crippen molar-refractivity contribution in [3.8, 4) is 5.75 Å². The highest BCUT2D eigenvalue weighted by molar-refractivity contribution is 7.98. The van der Waals surface area contributed by atoms with Gasteiger partial charge < -0.3 is 14.8 Å². The van der Waals surface area contributed by atoms with E-state index >= 15 is 0 Å². The summed E-state index contributed by atoms with van der Waals surface area (Å²) >= 11 is 1.12. The third kappa shape index (κ3) is 2.90. The molecule has 1 aromatic rings. The Labute approximate surface area is 98.8 Å². The molecule has 16 heavy (non-hydrogen) atoms. The summed E-state index contributed by atoms with van der Waals surface area (Å²) in [5.74, 6) is -0.421. The van der Waals surface area contributed by atoms with Gasteiger partial charge in [0.1, 0.15) is 0 Å². The van der Waals surface area contributed by atoms with E-state index in [-0.39, 0.29) is 22.2 Å². The van der Waals surface area contributed by atoms with E-state index in [9.17, 15) is 4.39 Å². The maximum absolute atomic E-state index is 13.9. The smallest absolute Gasteiger partial charge is 0.488 e. The van der Waals surface area contributed by atoms with Crippen molar-refractivity contribution in [1.29, 1.82) is 0 Å². The van der Waals surface area contributed by atoms with E-state index in [0.717, 1.165) is 11.8 Å². The zero-order chi connectivity index (χ0) is 12.3. The summed E-state index contributed by atoms with van der Waals surface area (Å²) in [5.41, 5.74) is 0.154. The Kier molecular flexibility index (Phi) is 4.64. The lowest BCUT2D eigenvalue weighted by molar-refractivity contribution is 0.229. The van der Waals surface area contributed by atoms with Gasteiger partial charge >= 0.3 is 7.12 Å². The van der Waals surface area contributed by atoms with Crippen LogP contribution in [0.15, 0.2) is 17.0 Å². The summed E-state index contributed by atoms with van der Waals surface area (Å²) in [6.45, 7) is 3.60. The second-order valence-electron chi connectivity index (χ2n) is 3.54. The quantitative estimate of drug-likeness (QED) is 0.613. The van der Waals surface area contributed by atoms with Crippen molar-refractivity contribution in [2.24, 2.45) is 0 Å². The molecule has 0 saturated carbocycles. The molecule has 0 aliphatic carbocycles. The van der Waals surface area contributed by atoms with Gasteiger partial charge in [-0.25, -0.2) is 4.39 Å². The second-order valence-corrected chi connectivity index (χ2v) is 4.36. The standard InChI is InChI=1S/C10H14BFO3S/c1-6(2)15-8-5-4-7(11(13)14)10(16-3)9(8)12/h4-6,13-14H,1-3H3. The summed E-state index contributed by atoms with van der Waals surface area (Å²) in [6, 6.07) is 2.86. The number of thioether (sulfide) groups is 1. The molecule has 0 heterocycles. The van der Waals surface area contributed by atoms with Gasteiger partial charge in [-0.15, -0.1) is 11.8 Å². The minimum Gasteiger partial charge on any atom is -0.488 e. The zero-order valence-corrected chi connectivity index (χ0v) is 10.2. The van der Waals surface area contributed by atoms with E-state index in [1.807, 2.05) is 0 Å². The molecule has 0 aromatic heterocycles. The third-order valence-electron chi connectivity index (χ3n) is 1.94. The molecule has 0 aliphatic heterocycles. The fourth-order valence-corrected chi connectivity index (χ4v) is 2.00. The Balaban J connectivity index is 3.18. The highest BCUT2D eigenvalue weighted by Gasteiger charge is 2.21. The van der Waals surface area contributed by atoms with Crippen LogP contribution in [-0.4, -0.2) is 29.5 Å². The van der Waals surface area contributed by atoms with Crippen molar-refractivity contribution in [3.05, 3.63) is 17.9 Å². The van der Waals surface area contributed by atoms with E-state index in [1.54, 1.807) is 20.1 Å². The number of benzene rings is 1. The van der Waals surface area contributed by atoms with E-state index in [4.69, 9.17) is 14.8 Å². The van der Waals surface area contributed by atoms with Gasteiger partial charge in [-0.1, -0.05) is 6.07 Å². The van der Waals surface area contributed by atoms with Crippen molar-refractivity contribution >= 4 is 24.3 Å². The van der Waals surface area contributed by atoms with Crippen LogP contribution < -0.4 is 10.2 Å². The highest BCUT2D eigenvalue weighted by atomic mass is 32.2. The van der Waals surface area contributed by atoms with Crippen LogP contribution in [0, 0.1) is 5.82 Å². The summed E-state index contributed by atoms with van der Waals surface area (Å²) in [6.07, 6.45) is 1.54. The molecule has 0 atom stereocenters. The minimum absolute atomic E-state index is 0.128. The monoisotopic (exact) mass is 244 g/mol. The Morgan fingerprint density at radius 3 is 2.44 bits per heavy atom. The Morgan fingerprint density at radius 1 is 1.38 bits per heavy atom. The summed E-state index contributed by atoms with van der Waals surface area (Å²) in [7, 11) is -1.68. The largest absolute Gasteiger partial charge is 0.489 e. The lowest BCUT2D eigenvalue weighted by Gasteiger charge is -2.14. The molecular weight excluding hydrogens is 230 g/mol. The molecule has 0 fully saturated rings. The van der Waals surface area contributed by atoms with Crippen LogP contribution in [0.4, 0.5) is 4.39 Å². The van der Waals surface area contributed by atoms with Crippen LogP contribution in [-0.2, 0) is 0 Å². The van der Waals surface area contributed by atoms with Crippen molar-refractivity contribution in [2.45, 2.75) is 24.8 Å². The van der Waals surface area contributed by atoms with E-state index in [2.05, 4.69) is 0 Å². The molecule has 3 nitrogen and oxygen atoms in total. The SMILES string of the molecule is CSc1c(B(O)O)ccc(OC(C)C)c1F. The molecule has 1 aromatic carbocycles. The highest BCUT2D eigenvalue weighted by Crippen LogP contribution is 2.26. The Morgan fingerprint density at radius 2 is 2.00 bits per heavy atom. The van der Waals surface area contributed by atoms with E-state index in [1.165, 1.54) is 12.1 Å².